The number of nitrogens with zero attached hydrogens (tertiary/aromatic N) is 5. The van der Waals surface area contributed by atoms with Gasteiger partial charge in [0.05, 0.1) is 16.8 Å². The fourth-order valence-corrected chi connectivity index (χ4v) is 7.08. The second kappa shape index (κ2) is 6.97. The monoisotopic (exact) mass is 453 g/mol. The molecule has 4 aliphatic rings. The molecule has 3 aromatic rings. The van der Waals surface area contributed by atoms with Crippen molar-refractivity contribution in [3.63, 3.8) is 0 Å². The lowest BCUT2D eigenvalue weighted by Gasteiger charge is -2.59. The zero-order chi connectivity index (χ0) is 22.1. The number of hydrogen-bond acceptors (Lipinski definition) is 7. The van der Waals surface area contributed by atoms with Gasteiger partial charge in [-0.05, 0) is 56.2 Å². The van der Waals surface area contributed by atoms with Gasteiger partial charge in [0.15, 0.2) is 11.5 Å². The zero-order valence-electron chi connectivity index (χ0n) is 18.0. The first-order valence-corrected chi connectivity index (χ1v) is 12.7. The molecule has 168 valence electrons. The molecule has 0 spiro atoms. The zero-order valence-corrected chi connectivity index (χ0v) is 18.8. The van der Waals surface area contributed by atoms with Crippen molar-refractivity contribution in [2.45, 2.75) is 55.5 Å². The van der Waals surface area contributed by atoms with Crippen LogP contribution in [0.3, 0.4) is 0 Å². The third-order valence-corrected chi connectivity index (χ3v) is 9.00. The van der Waals surface area contributed by atoms with Crippen molar-refractivity contribution in [2.24, 2.45) is 5.92 Å². The molecule has 0 amide bonds. The molecular formula is C22H27N7O2S. The number of rotatable bonds is 5. The van der Waals surface area contributed by atoms with E-state index < -0.39 is 10.0 Å². The van der Waals surface area contributed by atoms with E-state index in [0.717, 1.165) is 37.1 Å². The summed E-state index contributed by atoms with van der Waals surface area (Å²) in [4.78, 5) is 11.1. The maximum atomic E-state index is 13.4. The van der Waals surface area contributed by atoms with Crippen molar-refractivity contribution in [1.29, 1.82) is 0 Å². The Kier molecular flexibility index (Phi) is 4.37. The molecule has 4 heterocycles. The first kappa shape index (κ1) is 20.1. The Hall–Kier alpha value is -2.56. The lowest BCUT2D eigenvalue weighted by Crippen LogP contribution is -2.70. The van der Waals surface area contributed by atoms with E-state index >= 15 is 0 Å². The van der Waals surface area contributed by atoms with E-state index in [9.17, 15) is 8.42 Å². The Labute approximate surface area is 187 Å². The van der Waals surface area contributed by atoms with Crippen LogP contribution in [0.4, 0.5) is 5.82 Å². The molecule has 2 saturated carbocycles. The number of nitrogen functional groups attached to an aromatic ring is 1. The third-order valence-electron chi connectivity index (χ3n) is 7.43. The van der Waals surface area contributed by atoms with Crippen LogP contribution in [0.1, 0.15) is 37.7 Å². The average molecular weight is 454 g/mol. The quantitative estimate of drug-likeness (QED) is 0.606. The number of nitrogens with one attached hydrogen (secondary N) is 1. The van der Waals surface area contributed by atoms with E-state index in [2.05, 4.69) is 24.7 Å². The average Bonchev–Trinajstić information content (AvgIpc) is 3.11. The molecule has 2 saturated heterocycles. The molecule has 0 unspecified atom stereocenters. The lowest BCUT2D eigenvalue weighted by molar-refractivity contribution is -0.0449. The maximum Gasteiger partial charge on any atom is 0.241 e. The number of imidazole rings is 1. The Balaban J connectivity index is 1.32. The van der Waals surface area contributed by atoms with Crippen molar-refractivity contribution in [2.75, 3.05) is 18.8 Å². The van der Waals surface area contributed by atoms with Gasteiger partial charge in [0.2, 0.25) is 10.0 Å². The molecule has 0 radical (unpaired) electrons. The first-order chi connectivity index (χ1) is 15.3. The highest BCUT2D eigenvalue weighted by Crippen LogP contribution is 2.46. The standard InChI is InChI=1S/C22H27N7O2S/c1-14-5-6-17(7-18(14)19-10-24-21-20(23)25-13-26-29(19)21)32(30,31)27-22-8-15(9-22)11-28(12-22)16-3-2-4-16/h5-7,10,13,15-16,27H,2-4,8-9,11-12H2,1H3,(H2,23,25,26). The second-order valence-electron chi connectivity index (χ2n) is 9.68. The maximum absolute atomic E-state index is 13.4. The highest BCUT2D eigenvalue weighted by atomic mass is 32.2. The summed E-state index contributed by atoms with van der Waals surface area (Å²) in [5, 5.41) is 4.25. The predicted molar refractivity (Wildman–Crippen MR) is 120 cm³/mol. The number of hydrogen-bond donors (Lipinski definition) is 2. The van der Waals surface area contributed by atoms with Crippen LogP contribution in [0.2, 0.25) is 0 Å². The van der Waals surface area contributed by atoms with Gasteiger partial charge < -0.3 is 5.73 Å². The number of aryl methyl sites for hydroxylation is 1. The van der Waals surface area contributed by atoms with E-state index in [4.69, 9.17) is 5.73 Å². The molecule has 2 aliphatic heterocycles. The minimum Gasteiger partial charge on any atom is -0.381 e. The summed E-state index contributed by atoms with van der Waals surface area (Å²) in [6, 6.07) is 5.85. The van der Waals surface area contributed by atoms with Gasteiger partial charge in [-0.15, -0.1) is 0 Å². The number of anilines is 1. The normalized spacial score (nSPS) is 26.1. The summed E-state index contributed by atoms with van der Waals surface area (Å²) >= 11 is 0. The van der Waals surface area contributed by atoms with Crippen LogP contribution in [0.25, 0.3) is 16.9 Å². The summed E-state index contributed by atoms with van der Waals surface area (Å²) < 4.78 is 31.6. The van der Waals surface area contributed by atoms with Gasteiger partial charge in [-0.25, -0.2) is 27.6 Å². The van der Waals surface area contributed by atoms with Gasteiger partial charge in [0.1, 0.15) is 6.33 Å². The van der Waals surface area contributed by atoms with E-state index in [-0.39, 0.29) is 16.3 Å². The third kappa shape index (κ3) is 3.12. The largest absolute Gasteiger partial charge is 0.381 e. The van der Waals surface area contributed by atoms with Crippen LogP contribution in [0.15, 0.2) is 35.6 Å². The molecule has 10 heteroatoms. The van der Waals surface area contributed by atoms with Gasteiger partial charge in [-0.2, -0.15) is 5.10 Å². The topological polar surface area (TPSA) is 119 Å². The van der Waals surface area contributed by atoms with Crippen molar-refractivity contribution in [3.8, 4) is 11.3 Å². The molecule has 2 aliphatic carbocycles. The lowest BCUT2D eigenvalue weighted by atomic mass is 9.64. The summed E-state index contributed by atoms with van der Waals surface area (Å²) in [6.07, 6.45) is 8.65. The van der Waals surface area contributed by atoms with Crippen LogP contribution < -0.4 is 10.5 Å². The minimum absolute atomic E-state index is 0.258. The van der Waals surface area contributed by atoms with Gasteiger partial charge >= 0.3 is 0 Å². The van der Waals surface area contributed by atoms with Crippen molar-refractivity contribution in [1.82, 2.24) is 29.2 Å². The Bertz CT molecular complexity index is 1310. The summed E-state index contributed by atoms with van der Waals surface area (Å²) in [5.74, 6) is 0.880. The number of fused-ring (bicyclic) bond motifs is 3. The highest BCUT2D eigenvalue weighted by molar-refractivity contribution is 7.89. The van der Waals surface area contributed by atoms with Crippen LogP contribution in [-0.4, -0.2) is 57.6 Å². The van der Waals surface area contributed by atoms with Crippen molar-refractivity contribution in [3.05, 3.63) is 36.3 Å². The SMILES string of the molecule is Cc1ccc(S(=O)(=O)NC23CC(CN(C4CCC4)C2)C3)cc1-c1cnc2c(N)ncnn12. The molecule has 1 aromatic carbocycles. The molecule has 7 rings (SSSR count). The Morgan fingerprint density at radius 2 is 2.03 bits per heavy atom. The fraction of sp³-hybridized carbons (Fsp3) is 0.500. The number of sulfonamides is 1. The van der Waals surface area contributed by atoms with E-state index in [1.807, 2.05) is 13.0 Å². The van der Waals surface area contributed by atoms with Crippen LogP contribution in [-0.2, 0) is 10.0 Å². The van der Waals surface area contributed by atoms with Crippen molar-refractivity contribution < 1.29 is 8.42 Å². The second-order valence-corrected chi connectivity index (χ2v) is 11.4. The van der Waals surface area contributed by atoms with Gasteiger partial charge in [0, 0.05) is 30.2 Å². The van der Waals surface area contributed by atoms with Gasteiger partial charge in [0.25, 0.3) is 0 Å². The molecular weight excluding hydrogens is 426 g/mol. The molecule has 0 atom stereocenters. The van der Waals surface area contributed by atoms with Crippen LogP contribution in [0, 0.1) is 12.8 Å². The van der Waals surface area contributed by atoms with E-state index in [0.29, 0.717) is 23.3 Å². The molecule has 32 heavy (non-hydrogen) atoms. The highest BCUT2D eigenvalue weighted by Gasteiger charge is 2.53. The summed E-state index contributed by atoms with van der Waals surface area (Å²) in [7, 11) is -3.67. The molecule has 4 fully saturated rings. The Morgan fingerprint density at radius 3 is 2.78 bits per heavy atom. The predicted octanol–water partition coefficient (Wildman–Crippen LogP) is 1.98. The van der Waals surface area contributed by atoms with Crippen LogP contribution >= 0.6 is 0 Å². The molecule has 9 nitrogen and oxygen atoms in total. The molecule has 2 aromatic heterocycles. The van der Waals surface area contributed by atoms with Crippen LogP contribution in [0.5, 0.6) is 0 Å². The van der Waals surface area contributed by atoms with Gasteiger partial charge in [-0.3, -0.25) is 4.90 Å². The first-order valence-electron chi connectivity index (χ1n) is 11.2. The number of piperidine rings is 2. The summed E-state index contributed by atoms with van der Waals surface area (Å²) in [5.41, 5.74) is 8.38. The number of nitrogens with two attached hydrogens (primary N) is 1. The Morgan fingerprint density at radius 1 is 1.22 bits per heavy atom. The molecule has 2 bridgehead atoms. The number of aromatic nitrogens is 4. The van der Waals surface area contributed by atoms with E-state index in [1.54, 1.807) is 22.8 Å². The smallest absolute Gasteiger partial charge is 0.241 e. The van der Waals surface area contributed by atoms with Crippen molar-refractivity contribution >= 4 is 21.5 Å². The van der Waals surface area contributed by atoms with Gasteiger partial charge in [-0.1, -0.05) is 12.5 Å². The summed E-state index contributed by atoms with van der Waals surface area (Å²) in [6.45, 7) is 3.87. The number of benzene rings is 1. The van der Waals surface area contributed by atoms with E-state index in [1.165, 1.54) is 25.6 Å². The molecule has 3 N–H and O–H groups in total. The fourth-order valence-electron chi connectivity index (χ4n) is 5.64. The minimum atomic E-state index is -3.67.